The van der Waals surface area contributed by atoms with Gasteiger partial charge in [0.25, 0.3) is 0 Å². The topological polar surface area (TPSA) is 115 Å². The Labute approximate surface area is 249 Å². The first-order valence-corrected chi connectivity index (χ1v) is 14.8. The van der Waals surface area contributed by atoms with E-state index in [1.54, 1.807) is 7.11 Å². The van der Waals surface area contributed by atoms with Crippen molar-refractivity contribution in [3.05, 3.63) is 59.7 Å². The van der Waals surface area contributed by atoms with E-state index < -0.39 is 11.9 Å². The van der Waals surface area contributed by atoms with Gasteiger partial charge < -0.3 is 30.0 Å². The first kappa shape index (κ1) is 31.4. The van der Waals surface area contributed by atoms with E-state index in [1.807, 2.05) is 54.3 Å². The molecular weight excluding hydrogens is 534 g/mol. The Kier molecular flexibility index (Phi) is 10.2. The summed E-state index contributed by atoms with van der Waals surface area (Å²) in [4.78, 5) is 30.9. The average molecular weight is 580 g/mol. The van der Waals surface area contributed by atoms with Crippen LogP contribution in [0.1, 0.15) is 64.0 Å². The summed E-state index contributed by atoms with van der Waals surface area (Å²) >= 11 is 0. The molecule has 0 radical (unpaired) electrons. The van der Waals surface area contributed by atoms with Gasteiger partial charge >= 0.3 is 5.97 Å². The van der Waals surface area contributed by atoms with Crippen LogP contribution in [0.15, 0.2) is 48.6 Å². The Bertz CT molecular complexity index is 1290. The molecule has 2 aliphatic heterocycles. The lowest BCUT2D eigenvalue weighted by Gasteiger charge is -2.34. The quantitative estimate of drug-likeness (QED) is 0.312. The summed E-state index contributed by atoms with van der Waals surface area (Å²) in [5.74, 6) is -0.484. The van der Waals surface area contributed by atoms with E-state index in [2.05, 4.69) is 31.7 Å². The molecular formula is C33H45N3O6. The molecule has 3 N–H and O–H groups in total. The Morgan fingerprint density at radius 2 is 2.02 bits per heavy atom. The normalized spacial score (nSPS) is 20.3. The van der Waals surface area contributed by atoms with Gasteiger partial charge in [-0.15, -0.1) is 0 Å². The number of fused-ring (bicyclic) bond motifs is 1. The van der Waals surface area contributed by atoms with Gasteiger partial charge in [0.2, 0.25) is 18.4 Å². The molecule has 2 heterocycles. The van der Waals surface area contributed by atoms with E-state index in [-0.39, 0.29) is 36.6 Å². The third-order valence-electron chi connectivity index (χ3n) is 8.33. The Hall–Kier alpha value is -3.56. The van der Waals surface area contributed by atoms with Crippen LogP contribution in [0.5, 0.6) is 17.2 Å². The average Bonchev–Trinajstić information content (AvgIpc) is 3.57. The molecule has 2 aliphatic rings. The smallest absolute Gasteiger partial charge is 0.308 e. The highest BCUT2D eigenvalue weighted by molar-refractivity contribution is 5.95. The predicted molar refractivity (Wildman–Crippen MR) is 163 cm³/mol. The van der Waals surface area contributed by atoms with Gasteiger partial charge in [0.1, 0.15) is 0 Å². The number of anilines is 1. The maximum atomic E-state index is 14.1. The number of rotatable bonds is 13. The number of carbonyl (C=O) groups is 2. The Morgan fingerprint density at radius 1 is 1.24 bits per heavy atom. The molecule has 4 rings (SSSR count). The number of carbonyl (C=O) groups excluding carboxylic acids is 1. The van der Waals surface area contributed by atoms with Gasteiger partial charge in [0.05, 0.1) is 19.6 Å². The third-order valence-corrected chi connectivity index (χ3v) is 8.33. The molecule has 228 valence electrons. The number of nitrogens with two attached hydrogens (primary N) is 1. The highest BCUT2D eigenvalue weighted by Gasteiger charge is 2.49. The molecule has 0 bridgehead atoms. The van der Waals surface area contributed by atoms with E-state index in [0.29, 0.717) is 43.3 Å². The molecule has 2 aromatic carbocycles. The van der Waals surface area contributed by atoms with Gasteiger partial charge in [-0.2, -0.15) is 0 Å². The van der Waals surface area contributed by atoms with Gasteiger partial charge in [-0.1, -0.05) is 51.5 Å². The number of methoxy groups -OCH3 is 1. The van der Waals surface area contributed by atoms with Crippen LogP contribution in [0.4, 0.5) is 5.69 Å². The molecule has 9 heteroatoms. The van der Waals surface area contributed by atoms with E-state index in [0.717, 1.165) is 29.7 Å². The van der Waals surface area contributed by atoms with Crippen LogP contribution in [0, 0.1) is 11.3 Å². The molecule has 0 aromatic heterocycles. The van der Waals surface area contributed by atoms with E-state index in [1.165, 1.54) is 0 Å². The van der Waals surface area contributed by atoms with E-state index in [9.17, 15) is 14.7 Å². The number of benzene rings is 2. The van der Waals surface area contributed by atoms with Crippen molar-refractivity contribution < 1.29 is 28.9 Å². The zero-order chi connectivity index (χ0) is 30.4. The number of ether oxygens (including phenoxy) is 3. The third kappa shape index (κ3) is 6.90. The van der Waals surface area contributed by atoms with Gasteiger partial charge in [0.15, 0.2) is 11.5 Å². The summed E-state index contributed by atoms with van der Waals surface area (Å²) in [6.45, 7) is 9.85. The summed E-state index contributed by atoms with van der Waals surface area (Å²) in [6.07, 6.45) is 6.48. The van der Waals surface area contributed by atoms with Crippen molar-refractivity contribution in [1.82, 2.24) is 4.90 Å². The van der Waals surface area contributed by atoms with Crippen LogP contribution in [-0.4, -0.2) is 61.5 Å². The molecule has 0 spiro atoms. The number of aliphatic carboxylic acids is 1. The minimum Gasteiger partial charge on any atom is -0.493 e. The first-order valence-electron chi connectivity index (χ1n) is 14.8. The Morgan fingerprint density at radius 3 is 2.69 bits per heavy atom. The minimum atomic E-state index is -0.883. The van der Waals surface area contributed by atoms with Gasteiger partial charge in [0, 0.05) is 37.3 Å². The molecule has 9 nitrogen and oxygen atoms in total. The molecule has 42 heavy (non-hydrogen) atoms. The van der Waals surface area contributed by atoms with Crippen LogP contribution in [0.3, 0.4) is 0 Å². The van der Waals surface area contributed by atoms with Crippen molar-refractivity contribution in [2.75, 3.05) is 38.4 Å². The molecule has 0 saturated carbocycles. The summed E-state index contributed by atoms with van der Waals surface area (Å²) in [6, 6.07) is 11.1. The summed E-state index contributed by atoms with van der Waals surface area (Å²) < 4.78 is 16.8. The van der Waals surface area contributed by atoms with E-state index >= 15 is 0 Å². The predicted octanol–water partition coefficient (Wildman–Crippen LogP) is 5.18. The maximum absolute atomic E-state index is 14.1. The van der Waals surface area contributed by atoms with Crippen molar-refractivity contribution in [3.63, 3.8) is 0 Å². The van der Waals surface area contributed by atoms with Crippen molar-refractivity contribution in [3.8, 4) is 17.2 Å². The maximum Gasteiger partial charge on any atom is 0.308 e. The largest absolute Gasteiger partial charge is 0.493 e. The van der Waals surface area contributed by atoms with Crippen LogP contribution in [0.25, 0.3) is 0 Å². The number of likely N-dealkylation sites (tertiary alicyclic amines) is 1. The lowest BCUT2D eigenvalue weighted by molar-refractivity contribution is -0.143. The second-order valence-electron chi connectivity index (χ2n) is 11.9. The zero-order valence-corrected chi connectivity index (χ0v) is 25.5. The summed E-state index contributed by atoms with van der Waals surface area (Å²) in [5.41, 5.74) is 8.19. The van der Waals surface area contributed by atoms with Gasteiger partial charge in [-0.25, -0.2) is 0 Å². The summed E-state index contributed by atoms with van der Waals surface area (Å²) in [5, 5.41) is 10.6. The lowest BCUT2D eigenvalue weighted by Crippen LogP contribution is -2.45. The molecule has 2 aromatic rings. The van der Waals surface area contributed by atoms with Crippen molar-refractivity contribution in [2.24, 2.45) is 17.1 Å². The molecule has 0 aliphatic carbocycles. The highest BCUT2D eigenvalue weighted by Crippen LogP contribution is 2.48. The van der Waals surface area contributed by atoms with Crippen LogP contribution in [0.2, 0.25) is 0 Å². The fourth-order valence-electron chi connectivity index (χ4n) is 6.33. The zero-order valence-electron chi connectivity index (χ0n) is 25.5. The first-order chi connectivity index (χ1) is 20.1. The second-order valence-corrected chi connectivity index (χ2v) is 11.9. The van der Waals surface area contributed by atoms with Crippen LogP contribution < -0.4 is 24.8 Å². The molecule has 1 amide bonds. The molecule has 1 saturated heterocycles. The van der Waals surface area contributed by atoms with E-state index in [4.69, 9.17) is 19.9 Å². The summed E-state index contributed by atoms with van der Waals surface area (Å²) in [7, 11) is 1.56. The SMILES string of the molecule is C/C=C/C(C)(C)CC1C(C(=O)O)C(c2cc(OC)c3c(c2)OCO3)CN1CC(=O)N(CCCC)c1cccc(CN)c1. The van der Waals surface area contributed by atoms with Crippen molar-refractivity contribution in [1.29, 1.82) is 0 Å². The van der Waals surface area contributed by atoms with Crippen LogP contribution in [-0.2, 0) is 16.1 Å². The number of hydrogen-bond donors (Lipinski definition) is 2. The van der Waals surface area contributed by atoms with Gasteiger partial charge in [-0.05, 0) is 60.6 Å². The molecule has 3 atom stereocenters. The Balaban J connectivity index is 1.72. The van der Waals surface area contributed by atoms with Crippen molar-refractivity contribution in [2.45, 2.75) is 65.5 Å². The standard InChI is InChI=1S/C33H45N3O6/c1-6-8-13-36(24-11-9-10-22(14-24)18-34)29(37)20-35-19-25(23-15-27(40-5)31-28(16-23)41-21-42-31)30(32(38)39)26(35)17-33(3,4)12-7-2/h7,9-12,14-16,25-26,30H,6,8,13,17-21,34H2,1-5H3,(H,38,39)/b12-7+. The number of unbranched alkanes of at least 4 members (excludes halogenated alkanes) is 1. The molecule has 3 unspecified atom stereocenters. The van der Waals surface area contributed by atoms with Gasteiger partial charge in [-0.3, -0.25) is 14.5 Å². The minimum absolute atomic E-state index is 0.0560. The fourth-order valence-corrected chi connectivity index (χ4v) is 6.33. The number of nitrogens with zero attached hydrogens (tertiary/aromatic N) is 2. The highest BCUT2D eigenvalue weighted by atomic mass is 16.7. The lowest BCUT2D eigenvalue weighted by atomic mass is 9.77. The number of carboxylic acids is 1. The number of allylic oxidation sites excluding steroid dienone is 2. The number of amides is 1. The number of hydrogen-bond acceptors (Lipinski definition) is 7. The fraction of sp³-hybridized carbons (Fsp3) is 0.515. The van der Waals surface area contributed by atoms with Crippen molar-refractivity contribution >= 4 is 17.6 Å². The van der Waals surface area contributed by atoms with Crippen LogP contribution >= 0.6 is 0 Å². The monoisotopic (exact) mass is 579 g/mol. The molecule has 1 fully saturated rings. The second kappa shape index (κ2) is 13.6. The number of carboxylic acid groups (broad SMARTS) is 1.